The first kappa shape index (κ1) is 28.8. The molecule has 2 saturated heterocycles. The lowest BCUT2D eigenvalue weighted by Crippen LogP contribution is -2.59. The lowest BCUT2D eigenvalue weighted by atomic mass is 9.82. The maximum Gasteiger partial charge on any atom is 0.419 e. The van der Waals surface area contributed by atoms with Crippen LogP contribution in [0.25, 0.3) is 10.2 Å². The summed E-state index contributed by atoms with van der Waals surface area (Å²) in [5.74, 6) is -1.76. The fraction of sp³-hybridized carbons (Fsp3) is 0.481. The molecule has 0 atom stereocenters. The number of hydrogen-bond donors (Lipinski definition) is 1. The SMILES string of the molecule is O=C(O)Cc1cc(Cl)cc(OCCC2(N3CCOCC3)CCN(c3nc4cc(F)c(C(F)(F)F)cc4s3)CC2)c1. The van der Waals surface area contributed by atoms with Crippen molar-refractivity contribution in [2.24, 2.45) is 0 Å². The molecule has 0 spiro atoms. The minimum Gasteiger partial charge on any atom is -0.493 e. The number of ether oxygens (including phenoxy) is 2. The minimum absolute atomic E-state index is 0.152. The molecule has 3 aromatic rings. The van der Waals surface area contributed by atoms with Gasteiger partial charge in [-0.2, -0.15) is 13.2 Å². The van der Waals surface area contributed by atoms with Crippen molar-refractivity contribution in [2.45, 2.75) is 37.4 Å². The molecule has 0 bridgehead atoms. The maximum atomic E-state index is 14.1. The number of alkyl halides is 3. The van der Waals surface area contributed by atoms with Gasteiger partial charge in [0.15, 0.2) is 5.13 Å². The Kier molecular flexibility index (Phi) is 8.42. The second-order valence-corrected chi connectivity index (χ2v) is 11.5. The van der Waals surface area contributed by atoms with E-state index >= 15 is 0 Å². The van der Waals surface area contributed by atoms with Gasteiger partial charge in [0, 0.05) is 42.8 Å². The Morgan fingerprint density at radius 2 is 1.85 bits per heavy atom. The molecule has 13 heteroatoms. The van der Waals surface area contributed by atoms with Gasteiger partial charge in [0.05, 0.1) is 42.0 Å². The average Bonchev–Trinajstić information content (AvgIpc) is 3.30. The van der Waals surface area contributed by atoms with Crippen LogP contribution in [0.4, 0.5) is 22.7 Å². The number of piperidine rings is 1. The van der Waals surface area contributed by atoms with Crippen molar-refractivity contribution in [3.63, 3.8) is 0 Å². The number of carboxylic acid groups (broad SMARTS) is 1. The van der Waals surface area contributed by atoms with Crippen LogP contribution in [0.3, 0.4) is 0 Å². The Morgan fingerprint density at radius 3 is 2.52 bits per heavy atom. The van der Waals surface area contributed by atoms with Crippen LogP contribution in [0.2, 0.25) is 5.02 Å². The molecular weight excluding hydrogens is 574 g/mol. The number of thiazole rings is 1. The van der Waals surface area contributed by atoms with E-state index in [0.29, 0.717) is 65.5 Å². The fourth-order valence-electron chi connectivity index (χ4n) is 5.50. The molecule has 3 heterocycles. The maximum absolute atomic E-state index is 14.1. The molecule has 2 aromatic carbocycles. The van der Waals surface area contributed by atoms with Crippen LogP contribution in [0.15, 0.2) is 30.3 Å². The number of aliphatic carboxylic acids is 1. The number of morpholine rings is 1. The minimum atomic E-state index is -4.77. The normalized spacial score (nSPS) is 18.3. The fourth-order valence-corrected chi connectivity index (χ4v) is 6.79. The summed E-state index contributed by atoms with van der Waals surface area (Å²) in [6.07, 6.45) is -2.67. The van der Waals surface area contributed by atoms with Crippen LogP contribution in [-0.4, -0.2) is 72.5 Å². The van der Waals surface area contributed by atoms with Crippen molar-refractivity contribution in [2.75, 3.05) is 50.9 Å². The summed E-state index contributed by atoms with van der Waals surface area (Å²) in [5, 5.41) is 10.1. The Labute approximate surface area is 237 Å². The number of nitrogens with zero attached hydrogens (tertiary/aromatic N) is 3. The average molecular weight is 602 g/mol. The van der Waals surface area contributed by atoms with Gasteiger partial charge in [-0.1, -0.05) is 22.9 Å². The molecule has 40 heavy (non-hydrogen) atoms. The lowest BCUT2D eigenvalue weighted by molar-refractivity contribution is -0.140. The molecule has 0 radical (unpaired) electrons. The molecule has 1 N–H and O–H groups in total. The summed E-state index contributed by atoms with van der Waals surface area (Å²) in [6, 6.07) is 6.65. The second-order valence-electron chi connectivity index (χ2n) is 10.1. The summed E-state index contributed by atoms with van der Waals surface area (Å²) < 4.78 is 65.5. The first-order chi connectivity index (χ1) is 19.0. The van der Waals surface area contributed by atoms with Gasteiger partial charge in [-0.3, -0.25) is 9.69 Å². The Hall–Kier alpha value is -2.67. The standard InChI is InChI=1S/C27H28ClF4N3O4S/c28-18-11-17(13-24(36)37)12-19(14-18)39-8-3-26(35-6-9-38-10-7-35)1-4-34(5-2-26)25-33-22-16-21(29)20(27(30,31)32)15-23(22)40-25/h11-12,14-16H,1-10,13H2,(H,36,37). The third-order valence-corrected chi connectivity index (χ3v) is 8.84. The first-order valence-corrected chi connectivity index (χ1v) is 14.1. The number of carboxylic acids is 1. The number of anilines is 1. The van der Waals surface area contributed by atoms with Gasteiger partial charge in [0.1, 0.15) is 11.6 Å². The molecule has 0 unspecified atom stereocenters. The first-order valence-electron chi connectivity index (χ1n) is 12.9. The third-order valence-electron chi connectivity index (χ3n) is 7.54. The molecule has 0 amide bonds. The number of benzene rings is 2. The van der Waals surface area contributed by atoms with E-state index in [-0.39, 0.29) is 17.5 Å². The molecular formula is C27H28ClF4N3O4S. The van der Waals surface area contributed by atoms with Crippen molar-refractivity contribution in [3.05, 3.63) is 52.3 Å². The van der Waals surface area contributed by atoms with Gasteiger partial charge in [-0.15, -0.1) is 0 Å². The largest absolute Gasteiger partial charge is 0.493 e. The second kappa shape index (κ2) is 11.7. The third kappa shape index (κ3) is 6.45. The summed E-state index contributed by atoms with van der Waals surface area (Å²) in [5.41, 5.74) is -0.693. The quantitative estimate of drug-likeness (QED) is 0.324. The number of hydrogen-bond acceptors (Lipinski definition) is 7. The van der Waals surface area contributed by atoms with E-state index in [1.165, 1.54) is 0 Å². The smallest absolute Gasteiger partial charge is 0.419 e. The van der Waals surface area contributed by atoms with Crippen molar-refractivity contribution in [3.8, 4) is 5.75 Å². The van der Waals surface area contributed by atoms with E-state index in [4.69, 9.17) is 26.2 Å². The zero-order valence-corrected chi connectivity index (χ0v) is 23.0. The monoisotopic (exact) mass is 601 g/mol. The van der Waals surface area contributed by atoms with Crippen LogP contribution in [-0.2, 0) is 22.1 Å². The van der Waals surface area contributed by atoms with E-state index in [0.717, 1.165) is 49.4 Å². The van der Waals surface area contributed by atoms with Crippen molar-refractivity contribution in [1.82, 2.24) is 9.88 Å². The Balaban J connectivity index is 1.29. The van der Waals surface area contributed by atoms with Crippen LogP contribution < -0.4 is 9.64 Å². The van der Waals surface area contributed by atoms with Gasteiger partial charge < -0.3 is 19.5 Å². The highest BCUT2D eigenvalue weighted by Gasteiger charge is 2.41. The molecule has 5 rings (SSSR count). The summed E-state index contributed by atoms with van der Waals surface area (Å²) in [4.78, 5) is 20.0. The van der Waals surface area contributed by atoms with Crippen LogP contribution in [0.5, 0.6) is 5.75 Å². The van der Waals surface area contributed by atoms with Gasteiger partial charge in [0.25, 0.3) is 0 Å². The molecule has 0 aliphatic carbocycles. The van der Waals surface area contributed by atoms with E-state index in [9.17, 15) is 22.4 Å². The van der Waals surface area contributed by atoms with Crippen LogP contribution in [0.1, 0.15) is 30.4 Å². The van der Waals surface area contributed by atoms with Crippen LogP contribution >= 0.6 is 22.9 Å². The zero-order valence-electron chi connectivity index (χ0n) is 21.5. The lowest BCUT2D eigenvalue weighted by Gasteiger charge is -2.50. The van der Waals surface area contributed by atoms with Gasteiger partial charge in [-0.25, -0.2) is 9.37 Å². The number of halogens is 5. The molecule has 2 aliphatic rings. The predicted octanol–water partition coefficient (Wildman–Crippen LogP) is 5.88. The number of rotatable bonds is 8. The van der Waals surface area contributed by atoms with Gasteiger partial charge in [0.2, 0.25) is 0 Å². The zero-order chi connectivity index (χ0) is 28.5. The Bertz CT molecular complexity index is 1370. The predicted molar refractivity (Wildman–Crippen MR) is 144 cm³/mol. The van der Waals surface area contributed by atoms with Crippen molar-refractivity contribution in [1.29, 1.82) is 0 Å². The number of carbonyl (C=O) groups is 1. The molecule has 0 saturated carbocycles. The van der Waals surface area contributed by atoms with Gasteiger partial charge >= 0.3 is 12.1 Å². The molecule has 216 valence electrons. The summed E-state index contributed by atoms with van der Waals surface area (Å²) >= 11 is 7.31. The van der Waals surface area contributed by atoms with E-state index in [2.05, 4.69) is 9.88 Å². The van der Waals surface area contributed by atoms with E-state index in [1.54, 1.807) is 18.2 Å². The molecule has 1 aromatic heterocycles. The van der Waals surface area contributed by atoms with E-state index < -0.39 is 23.5 Å². The highest BCUT2D eigenvalue weighted by Crippen LogP contribution is 2.40. The highest BCUT2D eigenvalue weighted by molar-refractivity contribution is 7.22. The summed E-state index contributed by atoms with van der Waals surface area (Å²) in [6.45, 7) is 4.47. The Morgan fingerprint density at radius 1 is 1.12 bits per heavy atom. The number of fused-ring (bicyclic) bond motifs is 1. The van der Waals surface area contributed by atoms with E-state index in [1.807, 2.05) is 4.90 Å². The van der Waals surface area contributed by atoms with Gasteiger partial charge in [-0.05, 0) is 49.1 Å². The molecule has 7 nitrogen and oxygen atoms in total. The topological polar surface area (TPSA) is 75.1 Å². The van der Waals surface area contributed by atoms with Crippen LogP contribution in [0, 0.1) is 5.82 Å². The molecule has 2 aliphatic heterocycles. The highest BCUT2D eigenvalue weighted by atomic mass is 35.5. The van der Waals surface area contributed by atoms with Crippen molar-refractivity contribution < 1.29 is 36.9 Å². The molecule has 2 fully saturated rings. The summed E-state index contributed by atoms with van der Waals surface area (Å²) in [7, 11) is 0. The number of aromatic nitrogens is 1. The van der Waals surface area contributed by atoms with Crippen molar-refractivity contribution >= 4 is 44.3 Å².